The van der Waals surface area contributed by atoms with Gasteiger partial charge in [-0.1, -0.05) is 0 Å². The van der Waals surface area contributed by atoms with Crippen molar-refractivity contribution >= 4 is 0 Å². The van der Waals surface area contributed by atoms with Crippen molar-refractivity contribution in [3.05, 3.63) is 35.1 Å². The fourth-order valence-corrected chi connectivity index (χ4v) is 1.88. The van der Waals surface area contributed by atoms with E-state index in [0.717, 1.165) is 12.5 Å². The Balaban J connectivity index is 2.35. The lowest BCUT2D eigenvalue weighted by molar-refractivity contribution is -0.00215. The highest BCUT2D eigenvalue weighted by Crippen LogP contribution is 2.30. The van der Waals surface area contributed by atoms with Gasteiger partial charge >= 0.3 is 0 Å². The first kappa shape index (κ1) is 11.4. The molecule has 1 aromatic carbocycles. The van der Waals surface area contributed by atoms with Crippen molar-refractivity contribution in [3.63, 3.8) is 0 Å². The fraction of sp³-hybridized carbons (Fsp3) is 0.455. The number of nitrogens with two attached hydrogens (primary N) is 1. The summed E-state index contributed by atoms with van der Waals surface area (Å²) in [5, 5.41) is 0. The molecule has 2 N–H and O–H groups in total. The normalized spacial score (nSPS) is 25.8. The molecule has 88 valence electrons. The third kappa shape index (κ3) is 2.05. The Labute approximate surface area is 91.2 Å². The lowest BCUT2D eigenvalue weighted by Gasteiger charge is -2.29. The van der Waals surface area contributed by atoms with Gasteiger partial charge in [0, 0.05) is 24.3 Å². The minimum Gasteiger partial charge on any atom is -0.372 e. The van der Waals surface area contributed by atoms with Crippen LogP contribution in [0.3, 0.4) is 0 Å². The summed E-state index contributed by atoms with van der Waals surface area (Å²) >= 11 is 0. The molecule has 1 saturated heterocycles. The predicted molar refractivity (Wildman–Crippen MR) is 52.2 cm³/mol. The molecule has 0 bridgehead atoms. The minimum atomic E-state index is -1.20. The van der Waals surface area contributed by atoms with Crippen LogP contribution in [0.2, 0.25) is 0 Å². The van der Waals surface area contributed by atoms with Crippen LogP contribution < -0.4 is 5.73 Å². The van der Waals surface area contributed by atoms with Crippen LogP contribution in [0.15, 0.2) is 12.1 Å². The summed E-state index contributed by atoms with van der Waals surface area (Å²) in [5.41, 5.74) is 5.75. The summed E-state index contributed by atoms with van der Waals surface area (Å²) in [7, 11) is 0. The first-order chi connectivity index (χ1) is 7.59. The second kappa shape index (κ2) is 4.43. The van der Waals surface area contributed by atoms with Gasteiger partial charge in [-0.15, -0.1) is 0 Å². The molecule has 1 aliphatic heterocycles. The topological polar surface area (TPSA) is 35.2 Å². The third-order valence-corrected chi connectivity index (χ3v) is 2.71. The van der Waals surface area contributed by atoms with Crippen LogP contribution in [-0.4, -0.2) is 12.6 Å². The van der Waals surface area contributed by atoms with Gasteiger partial charge in [-0.3, -0.25) is 0 Å². The molecule has 5 heteroatoms. The summed E-state index contributed by atoms with van der Waals surface area (Å²) < 4.78 is 44.5. The molecule has 1 aliphatic rings. The molecular formula is C11H12F3NO. The van der Waals surface area contributed by atoms with E-state index in [9.17, 15) is 13.2 Å². The first-order valence-electron chi connectivity index (χ1n) is 5.11. The fourth-order valence-electron chi connectivity index (χ4n) is 1.88. The lowest BCUT2D eigenvalue weighted by Crippen LogP contribution is -2.35. The van der Waals surface area contributed by atoms with Crippen LogP contribution in [0.25, 0.3) is 0 Å². The zero-order valence-corrected chi connectivity index (χ0v) is 8.55. The van der Waals surface area contributed by atoms with Crippen LogP contribution in [0.4, 0.5) is 13.2 Å². The average Bonchev–Trinajstić information content (AvgIpc) is 2.25. The molecule has 1 heterocycles. The molecule has 2 rings (SSSR count). The zero-order valence-electron chi connectivity index (χ0n) is 8.55. The number of ether oxygens (including phenoxy) is 1. The minimum absolute atomic E-state index is 0.00824. The van der Waals surface area contributed by atoms with Gasteiger partial charge in [0.1, 0.15) is 11.9 Å². The summed E-state index contributed by atoms with van der Waals surface area (Å²) in [6.45, 7) is 0.455. The van der Waals surface area contributed by atoms with Crippen LogP contribution in [0.1, 0.15) is 24.5 Å². The third-order valence-electron chi connectivity index (χ3n) is 2.71. The number of hydrogen-bond donors (Lipinski definition) is 1. The average molecular weight is 231 g/mol. The van der Waals surface area contributed by atoms with E-state index in [0.29, 0.717) is 19.1 Å². The Morgan fingerprint density at radius 1 is 1.12 bits per heavy atom. The molecule has 16 heavy (non-hydrogen) atoms. The molecule has 2 unspecified atom stereocenters. The molecule has 0 amide bonds. The van der Waals surface area contributed by atoms with Crippen molar-refractivity contribution in [2.24, 2.45) is 5.73 Å². The Hall–Kier alpha value is -1.07. The summed E-state index contributed by atoms with van der Waals surface area (Å²) in [6.07, 6.45) is 0.787. The number of hydrogen-bond acceptors (Lipinski definition) is 2. The van der Waals surface area contributed by atoms with E-state index >= 15 is 0 Å². The van der Waals surface area contributed by atoms with E-state index in [1.807, 2.05) is 0 Å². The quantitative estimate of drug-likeness (QED) is 0.752. The van der Waals surface area contributed by atoms with Crippen LogP contribution in [0.5, 0.6) is 0 Å². The van der Waals surface area contributed by atoms with E-state index in [1.165, 1.54) is 0 Å². The van der Waals surface area contributed by atoms with Crippen molar-refractivity contribution in [2.75, 3.05) is 6.61 Å². The van der Waals surface area contributed by atoms with Crippen molar-refractivity contribution in [2.45, 2.75) is 25.0 Å². The maximum atomic E-state index is 13.4. The number of benzene rings is 1. The van der Waals surface area contributed by atoms with Gasteiger partial charge in [-0.25, -0.2) is 13.2 Å². The summed E-state index contributed by atoms with van der Waals surface area (Å²) in [6, 6.07) is 0.962. The van der Waals surface area contributed by atoms with E-state index in [1.54, 1.807) is 0 Å². The molecular weight excluding hydrogens is 219 g/mol. The second-order valence-electron chi connectivity index (χ2n) is 3.89. The molecule has 0 saturated carbocycles. The van der Waals surface area contributed by atoms with Crippen molar-refractivity contribution < 1.29 is 17.9 Å². The summed E-state index contributed by atoms with van der Waals surface area (Å²) in [5.74, 6) is -3.11. The highest BCUT2D eigenvalue weighted by Gasteiger charge is 2.27. The van der Waals surface area contributed by atoms with E-state index in [2.05, 4.69) is 0 Å². The van der Waals surface area contributed by atoms with Crippen molar-refractivity contribution in [1.82, 2.24) is 0 Å². The van der Waals surface area contributed by atoms with Gasteiger partial charge in [0.2, 0.25) is 0 Å². The highest BCUT2D eigenvalue weighted by molar-refractivity contribution is 5.24. The lowest BCUT2D eigenvalue weighted by atomic mass is 9.96. The molecule has 1 aromatic rings. The van der Waals surface area contributed by atoms with E-state index < -0.39 is 23.6 Å². The Morgan fingerprint density at radius 3 is 2.50 bits per heavy atom. The van der Waals surface area contributed by atoms with Gasteiger partial charge in [-0.05, 0) is 18.9 Å². The molecule has 0 spiro atoms. The zero-order chi connectivity index (χ0) is 11.7. The predicted octanol–water partition coefficient (Wildman–Crippen LogP) is 2.28. The van der Waals surface area contributed by atoms with Gasteiger partial charge in [0.25, 0.3) is 0 Å². The van der Waals surface area contributed by atoms with E-state index in [-0.39, 0.29) is 11.6 Å². The smallest absolute Gasteiger partial charge is 0.161 e. The molecule has 2 nitrogen and oxygen atoms in total. The molecule has 0 radical (unpaired) electrons. The monoisotopic (exact) mass is 231 g/mol. The van der Waals surface area contributed by atoms with Gasteiger partial charge < -0.3 is 10.5 Å². The highest BCUT2D eigenvalue weighted by atomic mass is 19.2. The van der Waals surface area contributed by atoms with Crippen LogP contribution in [-0.2, 0) is 4.74 Å². The summed E-state index contributed by atoms with van der Waals surface area (Å²) in [4.78, 5) is 0. The largest absolute Gasteiger partial charge is 0.372 e. The molecule has 0 aromatic heterocycles. The maximum Gasteiger partial charge on any atom is 0.161 e. The van der Waals surface area contributed by atoms with Gasteiger partial charge in [0.15, 0.2) is 11.6 Å². The second-order valence-corrected chi connectivity index (χ2v) is 3.89. The standard InChI is InChI=1S/C11H12F3NO/c12-7-5-9(14)8(13)4-6(7)11-10(15)2-1-3-16-11/h4-5,10-11H,1-3,15H2. The van der Waals surface area contributed by atoms with Gasteiger partial charge in [-0.2, -0.15) is 0 Å². The molecule has 1 fully saturated rings. The Bertz CT molecular complexity index is 397. The van der Waals surface area contributed by atoms with Crippen molar-refractivity contribution in [1.29, 1.82) is 0 Å². The van der Waals surface area contributed by atoms with Crippen LogP contribution in [0, 0.1) is 17.5 Å². The van der Waals surface area contributed by atoms with E-state index in [4.69, 9.17) is 10.5 Å². The maximum absolute atomic E-state index is 13.4. The van der Waals surface area contributed by atoms with Gasteiger partial charge in [0.05, 0.1) is 0 Å². The first-order valence-corrected chi connectivity index (χ1v) is 5.11. The van der Waals surface area contributed by atoms with Crippen molar-refractivity contribution in [3.8, 4) is 0 Å². The Kier molecular flexibility index (Phi) is 3.16. The molecule has 2 atom stereocenters. The number of halogens is 3. The molecule has 0 aliphatic carbocycles. The number of rotatable bonds is 1. The Morgan fingerprint density at radius 2 is 1.81 bits per heavy atom. The SMILES string of the molecule is NC1CCCOC1c1cc(F)c(F)cc1F. The van der Waals surface area contributed by atoms with Crippen LogP contribution >= 0.6 is 0 Å².